The minimum atomic E-state index is -0.681. The second-order valence-electron chi connectivity index (χ2n) is 3.16. The van der Waals surface area contributed by atoms with Gasteiger partial charge in [-0.1, -0.05) is 0 Å². The lowest BCUT2D eigenvalue weighted by Crippen LogP contribution is -2.35. The van der Waals surface area contributed by atoms with Crippen molar-refractivity contribution in [1.29, 1.82) is 0 Å². The maximum Gasteiger partial charge on any atom is 0.249 e. The van der Waals surface area contributed by atoms with Crippen LogP contribution in [0.25, 0.3) is 0 Å². The molecule has 2 N–H and O–H groups in total. The molecular weight excluding hydrogens is 146 g/mol. The average Bonchev–Trinajstić information content (AvgIpc) is 2.05. The first-order chi connectivity index (χ1) is 4.92. The number of carbonyl (C=O) groups excluding carboxylic acids is 1. The zero-order chi connectivity index (χ0) is 8.65. The van der Waals surface area contributed by atoms with Crippen molar-refractivity contribution < 1.29 is 14.3 Å². The average molecular weight is 159 g/mol. The molecule has 4 heteroatoms. The Morgan fingerprint density at radius 1 is 1.45 bits per heavy atom. The quantitative estimate of drug-likeness (QED) is 0.586. The normalized spacial score (nSPS) is 35.5. The van der Waals surface area contributed by atoms with Crippen molar-refractivity contribution in [2.75, 3.05) is 0 Å². The van der Waals surface area contributed by atoms with Gasteiger partial charge >= 0.3 is 0 Å². The van der Waals surface area contributed by atoms with Crippen LogP contribution >= 0.6 is 0 Å². The third-order valence-corrected chi connectivity index (χ3v) is 1.59. The summed E-state index contributed by atoms with van der Waals surface area (Å²) < 4.78 is 10.5. The fraction of sp³-hybridized carbons (Fsp3) is 0.857. The molecule has 1 amide bonds. The van der Waals surface area contributed by atoms with Crippen molar-refractivity contribution in [2.45, 2.75) is 38.8 Å². The van der Waals surface area contributed by atoms with Gasteiger partial charge in [0.25, 0.3) is 0 Å². The molecule has 0 aromatic heterocycles. The Hall–Kier alpha value is -0.610. The first-order valence-electron chi connectivity index (χ1n) is 3.57. The van der Waals surface area contributed by atoms with Crippen LogP contribution in [0.15, 0.2) is 0 Å². The fourth-order valence-electron chi connectivity index (χ4n) is 1.23. The summed E-state index contributed by atoms with van der Waals surface area (Å²) in [4.78, 5) is 10.7. The molecular formula is C7H13NO3. The van der Waals surface area contributed by atoms with Gasteiger partial charge in [0.2, 0.25) is 5.91 Å². The van der Waals surface area contributed by atoms with Crippen LogP contribution in [-0.4, -0.2) is 23.9 Å². The lowest BCUT2D eigenvalue weighted by Gasteiger charge is -2.15. The van der Waals surface area contributed by atoms with Crippen LogP contribution in [0.4, 0.5) is 0 Å². The summed E-state index contributed by atoms with van der Waals surface area (Å²) in [5.74, 6) is -1.15. The summed E-state index contributed by atoms with van der Waals surface area (Å²) in [5.41, 5.74) is 5.07. The molecule has 1 saturated heterocycles. The van der Waals surface area contributed by atoms with E-state index >= 15 is 0 Å². The lowest BCUT2D eigenvalue weighted by atomic mass is 10.2. The van der Waals surface area contributed by atoms with Crippen LogP contribution in [0.5, 0.6) is 0 Å². The molecule has 1 rings (SSSR count). The maximum absolute atomic E-state index is 10.7. The Morgan fingerprint density at radius 2 is 2.00 bits per heavy atom. The van der Waals surface area contributed by atoms with Gasteiger partial charge in [-0.2, -0.15) is 0 Å². The predicted molar refractivity (Wildman–Crippen MR) is 38.7 cm³/mol. The van der Waals surface area contributed by atoms with Gasteiger partial charge in [-0.15, -0.1) is 0 Å². The maximum atomic E-state index is 10.7. The highest BCUT2D eigenvalue weighted by molar-refractivity contribution is 5.79. The Bertz CT molecular complexity index is 179. The van der Waals surface area contributed by atoms with Crippen LogP contribution in [0.2, 0.25) is 0 Å². The summed E-state index contributed by atoms with van der Waals surface area (Å²) >= 11 is 0. The minimum Gasteiger partial charge on any atom is -0.367 e. The molecule has 0 aliphatic carbocycles. The molecule has 64 valence electrons. The molecule has 1 fully saturated rings. The highest BCUT2D eigenvalue weighted by Gasteiger charge is 2.41. The zero-order valence-corrected chi connectivity index (χ0v) is 6.96. The van der Waals surface area contributed by atoms with Gasteiger partial charge in [0, 0.05) is 0 Å². The monoisotopic (exact) mass is 159 g/mol. The standard InChI is InChI=1S/C7H13NO3/c1-4-5(6(8)9)11-7(2,3)10-4/h4-5H,1-3H3,(H2,8,9). The van der Waals surface area contributed by atoms with Gasteiger partial charge in [-0.05, 0) is 20.8 Å². The fourth-order valence-corrected chi connectivity index (χ4v) is 1.23. The number of amides is 1. The molecule has 4 nitrogen and oxygen atoms in total. The van der Waals surface area contributed by atoms with Crippen LogP contribution in [-0.2, 0) is 14.3 Å². The number of primary amides is 1. The first kappa shape index (κ1) is 8.49. The van der Waals surface area contributed by atoms with Crippen molar-refractivity contribution >= 4 is 5.91 Å². The lowest BCUT2D eigenvalue weighted by molar-refractivity contribution is -0.153. The third-order valence-electron chi connectivity index (χ3n) is 1.59. The van der Waals surface area contributed by atoms with E-state index in [1.807, 2.05) is 0 Å². The van der Waals surface area contributed by atoms with Crippen LogP contribution in [0.3, 0.4) is 0 Å². The van der Waals surface area contributed by atoms with Crippen molar-refractivity contribution in [2.24, 2.45) is 5.73 Å². The summed E-state index contributed by atoms with van der Waals surface area (Å²) in [5, 5.41) is 0. The molecule has 0 saturated carbocycles. The van der Waals surface area contributed by atoms with E-state index in [2.05, 4.69) is 0 Å². The topological polar surface area (TPSA) is 61.6 Å². The molecule has 0 radical (unpaired) electrons. The molecule has 1 aliphatic rings. The highest BCUT2D eigenvalue weighted by atomic mass is 16.8. The van der Waals surface area contributed by atoms with Crippen LogP contribution in [0.1, 0.15) is 20.8 Å². The van der Waals surface area contributed by atoms with Crippen molar-refractivity contribution in [1.82, 2.24) is 0 Å². The van der Waals surface area contributed by atoms with Gasteiger partial charge in [-0.3, -0.25) is 4.79 Å². The van der Waals surface area contributed by atoms with E-state index in [-0.39, 0.29) is 6.10 Å². The Labute approximate surface area is 65.7 Å². The van der Waals surface area contributed by atoms with E-state index in [4.69, 9.17) is 15.2 Å². The second-order valence-corrected chi connectivity index (χ2v) is 3.16. The SMILES string of the molecule is CC1OC(C)(C)OC1C(N)=O. The Morgan fingerprint density at radius 3 is 2.18 bits per heavy atom. The molecule has 2 atom stereocenters. The third kappa shape index (κ3) is 1.70. The van der Waals surface area contributed by atoms with Gasteiger partial charge < -0.3 is 15.2 Å². The molecule has 1 heterocycles. The number of rotatable bonds is 1. The molecule has 0 bridgehead atoms. The minimum absolute atomic E-state index is 0.248. The summed E-state index contributed by atoms with van der Waals surface area (Å²) in [6.45, 7) is 5.28. The van der Waals surface area contributed by atoms with E-state index in [1.165, 1.54) is 0 Å². The van der Waals surface area contributed by atoms with Crippen molar-refractivity contribution in [3.8, 4) is 0 Å². The summed E-state index contributed by atoms with van der Waals surface area (Å²) in [6.07, 6.45) is -0.854. The number of ether oxygens (including phenoxy) is 2. The van der Waals surface area contributed by atoms with E-state index in [1.54, 1.807) is 20.8 Å². The number of carbonyl (C=O) groups is 1. The highest BCUT2D eigenvalue weighted by Crippen LogP contribution is 2.27. The number of hydrogen-bond acceptors (Lipinski definition) is 3. The molecule has 0 spiro atoms. The largest absolute Gasteiger partial charge is 0.367 e. The van der Waals surface area contributed by atoms with Gasteiger partial charge in [-0.25, -0.2) is 0 Å². The van der Waals surface area contributed by atoms with Gasteiger partial charge in [0.05, 0.1) is 6.10 Å². The second kappa shape index (κ2) is 2.46. The number of hydrogen-bond donors (Lipinski definition) is 1. The van der Waals surface area contributed by atoms with E-state index in [0.717, 1.165) is 0 Å². The Kier molecular flexibility index (Phi) is 1.90. The predicted octanol–water partition coefficient (Wildman–Crippen LogP) is 0.0117. The van der Waals surface area contributed by atoms with Gasteiger partial charge in [0.15, 0.2) is 11.9 Å². The van der Waals surface area contributed by atoms with E-state index < -0.39 is 17.8 Å². The van der Waals surface area contributed by atoms with Gasteiger partial charge in [0.1, 0.15) is 0 Å². The molecule has 0 aromatic carbocycles. The van der Waals surface area contributed by atoms with Crippen molar-refractivity contribution in [3.63, 3.8) is 0 Å². The summed E-state index contributed by atoms with van der Waals surface area (Å²) in [6, 6.07) is 0. The molecule has 0 aromatic rings. The van der Waals surface area contributed by atoms with Crippen LogP contribution < -0.4 is 5.73 Å². The van der Waals surface area contributed by atoms with E-state index in [0.29, 0.717) is 0 Å². The molecule has 2 unspecified atom stereocenters. The zero-order valence-electron chi connectivity index (χ0n) is 6.96. The smallest absolute Gasteiger partial charge is 0.249 e. The molecule has 1 aliphatic heterocycles. The first-order valence-corrected chi connectivity index (χ1v) is 3.57. The Balaban J connectivity index is 2.66. The van der Waals surface area contributed by atoms with Crippen LogP contribution in [0, 0.1) is 0 Å². The number of nitrogens with two attached hydrogens (primary N) is 1. The summed E-state index contributed by atoms with van der Waals surface area (Å²) in [7, 11) is 0. The molecule has 11 heavy (non-hydrogen) atoms. The van der Waals surface area contributed by atoms with E-state index in [9.17, 15) is 4.79 Å². The van der Waals surface area contributed by atoms with Crippen molar-refractivity contribution in [3.05, 3.63) is 0 Å².